The van der Waals surface area contributed by atoms with Gasteiger partial charge in [0.15, 0.2) is 0 Å². The van der Waals surface area contributed by atoms with Crippen LogP contribution >= 0.6 is 23.4 Å². The normalized spacial score (nSPS) is 15.4. The highest BCUT2D eigenvalue weighted by atomic mass is 35.5. The predicted molar refractivity (Wildman–Crippen MR) is 143 cm³/mol. The third-order valence-corrected chi connectivity index (χ3v) is 8.05. The van der Waals surface area contributed by atoms with E-state index in [1.807, 2.05) is 19.1 Å². The summed E-state index contributed by atoms with van der Waals surface area (Å²) < 4.78 is 10.6. The molecule has 1 N–H and O–H groups in total. The maximum absolute atomic E-state index is 13.2. The van der Waals surface area contributed by atoms with Crippen LogP contribution in [0.3, 0.4) is 0 Å². The van der Waals surface area contributed by atoms with Crippen molar-refractivity contribution in [2.45, 2.75) is 48.8 Å². The second-order valence-corrected chi connectivity index (χ2v) is 10.2. The Labute approximate surface area is 221 Å². The molecule has 0 bridgehead atoms. The largest absolute Gasteiger partial charge is 0.495 e. The lowest BCUT2D eigenvalue weighted by Gasteiger charge is -2.25. The average molecular weight is 522 g/mol. The number of carbonyl (C=O) groups is 1. The van der Waals surface area contributed by atoms with Crippen molar-refractivity contribution in [1.29, 1.82) is 5.26 Å². The number of rotatable bonds is 8. The number of anilines is 1. The van der Waals surface area contributed by atoms with Crippen molar-refractivity contribution in [3.05, 3.63) is 75.9 Å². The second-order valence-electron chi connectivity index (χ2n) is 8.60. The van der Waals surface area contributed by atoms with Crippen LogP contribution in [-0.4, -0.2) is 30.4 Å². The lowest BCUT2D eigenvalue weighted by atomic mass is 9.82. The lowest BCUT2D eigenvalue weighted by Crippen LogP contribution is -2.25. The molecule has 0 radical (unpaired) electrons. The summed E-state index contributed by atoms with van der Waals surface area (Å²) in [6, 6.07) is 18.0. The van der Waals surface area contributed by atoms with Crippen LogP contribution in [0.5, 0.6) is 11.5 Å². The molecule has 1 heterocycles. The van der Waals surface area contributed by atoms with Crippen LogP contribution in [0, 0.1) is 11.3 Å². The maximum Gasteiger partial charge on any atom is 0.238 e. The maximum atomic E-state index is 13.2. The van der Waals surface area contributed by atoms with Gasteiger partial charge >= 0.3 is 0 Å². The molecule has 4 rings (SSSR count). The molecule has 1 aliphatic carbocycles. The van der Waals surface area contributed by atoms with E-state index >= 15 is 0 Å². The highest BCUT2D eigenvalue weighted by molar-refractivity contribution is 8.00. The average Bonchev–Trinajstić information content (AvgIpc) is 2.91. The van der Waals surface area contributed by atoms with Gasteiger partial charge in [0.1, 0.15) is 22.6 Å². The van der Waals surface area contributed by atoms with Crippen LogP contribution in [-0.2, 0) is 17.6 Å². The first-order valence-electron chi connectivity index (χ1n) is 11.8. The Balaban J connectivity index is 1.53. The van der Waals surface area contributed by atoms with Gasteiger partial charge in [0.05, 0.1) is 35.7 Å². The molecule has 6 nitrogen and oxygen atoms in total. The number of aryl methyl sites for hydroxylation is 1. The quantitative estimate of drug-likeness (QED) is 0.345. The molecule has 0 saturated heterocycles. The van der Waals surface area contributed by atoms with E-state index in [0.717, 1.165) is 30.5 Å². The van der Waals surface area contributed by atoms with Gasteiger partial charge in [-0.1, -0.05) is 60.6 Å². The zero-order valence-corrected chi connectivity index (χ0v) is 22.1. The summed E-state index contributed by atoms with van der Waals surface area (Å²) in [5.41, 5.74) is 4.41. The molecule has 1 aromatic heterocycles. The Hall–Kier alpha value is -3.21. The number of halogens is 1. The van der Waals surface area contributed by atoms with E-state index in [9.17, 15) is 10.1 Å². The standard InChI is InChI=1S/C28H28ClN3O3S/c1-4-26(27(33)31-23-14-21(29)24(34-2)15-25(23)35-3)36-28-20(16-30)13-19-12-18(10-11-22(19)32-28)17-8-6-5-7-9-17/h5-9,13-15,18,26H,4,10-12H2,1-3H3,(H,31,33). The zero-order valence-electron chi connectivity index (χ0n) is 20.5. The second kappa shape index (κ2) is 11.7. The predicted octanol–water partition coefficient (Wildman–Crippen LogP) is 6.41. The highest BCUT2D eigenvalue weighted by Gasteiger charge is 2.26. The van der Waals surface area contributed by atoms with Gasteiger partial charge in [0, 0.05) is 11.8 Å². The van der Waals surface area contributed by atoms with E-state index in [0.29, 0.717) is 45.1 Å². The molecule has 186 valence electrons. The highest BCUT2D eigenvalue weighted by Crippen LogP contribution is 2.38. The van der Waals surface area contributed by atoms with Gasteiger partial charge in [-0.2, -0.15) is 5.26 Å². The number of carbonyl (C=O) groups excluding carboxylic acids is 1. The number of hydrogen-bond donors (Lipinski definition) is 1. The number of fused-ring (bicyclic) bond motifs is 1. The van der Waals surface area contributed by atoms with Crippen LogP contribution in [0.25, 0.3) is 0 Å². The van der Waals surface area contributed by atoms with Crippen molar-refractivity contribution >= 4 is 35.0 Å². The van der Waals surface area contributed by atoms with Crippen molar-refractivity contribution in [2.75, 3.05) is 19.5 Å². The Morgan fingerprint density at radius 2 is 1.97 bits per heavy atom. The fraction of sp³-hybridized carbons (Fsp3) is 0.321. The molecule has 1 amide bonds. The summed E-state index contributed by atoms with van der Waals surface area (Å²) >= 11 is 7.58. The lowest BCUT2D eigenvalue weighted by molar-refractivity contribution is -0.115. The fourth-order valence-electron chi connectivity index (χ4n) is 4.45. The van der Waals surface area contributed by atoms with Gasteiger partial charge in [-0.05, 0) is 54.9 Å². The molecule has 0 aliphatic heterocycles. The monoisotopic (exact) mass is 521 g/mol. The van der Waals surface area contributed by atoms with Crippen LogP contribution in [0.1, 0.15) is 48.1 Å². The SMILES string of the molecule is CCC(Sc1nc2c(cc1C#N)CC(c1ccccc1)CC2)C(=O)Nc1cc(Cl)c(OC)cc1OC. The molecular weight excluding hydrogens is 494 g/mol. The minimum atomic E-state index is -0.450. The van der Waals surface area contributed by atoms with E-state index in [2.05, 4.69) is 35.7 Å². The van der Waals surface area contributed by atoms with Crippen molar-refractivity contribution in [3.63, 3.8) is 0 Å². The summed E-state index contributed by atoms with van der Waals surface area (Å²) in [6.07, 6.45) is 3.28. The molecule has 0 saturated carbocycles. The van der Waals surface area contributed by atoms with Gasteiger partial charge in [0.25, 0.3) is 0 Å². The van der Waals surface area contributed by atoms with Gasteiger partial charge in [-0.3, -0.25) is 4.79 Å². The first kappa shape index (κ1) is 25.9. The van der Waals surface area contributed by atoms with Crippen molar-refractivity contribution < 1.29 is 14.3 Å². The van der Waals surface area contributed by atoms with Crippen molar-refractivity contribution in [1.82, 2.24) is 4.98 Å². The zero-order chi connectivity index (χ0) is 25.7. The molecule has 36 heavy (non-hydrogen) atoms. The number of nitrogens with zero attached hydrogens (tertiary/aromatic N) is 2. The van der Waals surface area contributed by atoms with Crippen molar-refractivity contribution in [2.24, 2.45) is 0 Å². The fourth-order valence-corrected chi connectivity index (χ4v) is 5.69. The molecule has 3 aromatic rings. The van der Waals surface area contributed by atoms with Crippen LogP contribution in [0.15, 0.2) is 53.6 Å². The van der Waals surface area contributed by atoms with Crippen molar-refractivity contribution in [3.8, 4) is 17.6 Å². The third kappa shape index (κ3) is 5.61. The number of amides is 1. The smallest absolute Gasteiger partial charge is 0.238 e. The Kier molecular flexibility index (Phi) is 8.40. The summed E-state index contributed by atoms with van der Waals surface area (Å²) in [6.45, 7) is 1.93. The number of benzene rings is 2. The number of hydrogen-bond acceptors (Lipinski definition) is 6. The number of pyridine rings is 1. The van der Waals surface area contributed by atoms with Crippen LogP contribution < -0.4 is 14.8 Å². The van der Waals surface area contributed by atoms with E-state index in [-0.39, 0.29) is 5.91 Å². The molecule has 8 heteroatoms. The molecule has 2 unspecified atom stereocenters. The number of nitriles is 1. The Bertz CT molecular complexity index is 1290. The molecule has 0 spiro atoms. The first-order valence-corrected chi connectivity index (χ1v) is 13.1. The van der Waals surface area contributed by atoms with E-state index in [1.165, 1.54) is 31.5 Å². The summed E-state index contributed by atoms with van der Waals surface area (Å²) in [5.74, 6) is 1.11. The Morgan fingerprint density at radius 1 is 1.22 bits per heavy atom. The minimum absolute atomic E-state index is 0.213. The van der Waals surface area contributed by atoms with Gasteiger partial charge in [0.2, 0.25) is 5.91 Å². The number of nitrogens with one attached hydrogen (secondary N) is 1. The van der Waals surface area contributed by atoms with Gasteiger partial charge in [-0.25, -0.2) is 4.98 Å². The number of methoxy groups -OCH3 is 2. The van der Waals surface area contributed by atoms with Crippen LogP contribution in [0.2, 0.25) is 5.02 Å². The van der Waals surface area contributed by atoms with Gasteiger partial charge < -0.3 is 14.8 Å². The van der Waals surface area contributed by atoms with E-state index in [4.69, 9.17) is 26.1 Å². The summed E-state index contributed by atoms with van der Waals surface area (Å²) in [4.78, 5) is 18.1. The Morgan fingerprint density at radius 3 is 2.64 bits per heavy atom. The van der Waals surface area contributed by atoms with E-state index in [1.54, 1.807) is 12.1 Å². The van der Waals surface area contributed by atoms with Gasteiger partial charge in [-0.15, -0.1) is 0 Å². The first-order chi connectivity index (χ1) is 17.5. The molecule has 2 aromatic carbocycles. The number of ether oxygens (including phenoxy) is 2. The topological polar surface area (TPSA) is 84.2 Å². The summed E-state index contributed by atoms with van der Waals surface area (Å²) in [5, 5.41) is 13.3. The molecule has 0 fully saturated rings. The summed E-state index contributed by atoms with van der Waals surface area (Å²) in [7, 11) is 3.03. The number of thioether (sulfide) groups is 1. The van der Waals surface area contributed by atoms with Crippen LogP contribution in [0.4, 0.5) is 5.69 Å². The molecule has 2 atom stereocenters. The molecule has 1 aliphatic rings. The molecular formula is C28H28ClN3O3S. The number of aromatic nitrogens is 1. The minimum Gasteiger partial charge on any atom is -0.495 e. The van der Waals surface area contributed by atoms with E-state index < -0.39 is 5.25 Å². The third-order valence-electron chi connectivity index (χ3n) is 6.39.